The number of sulfonamides is 1. The van der Waals surface area contributed by atoms with Gasteiger partial charge in [0.2, 0.25) is 0 Å². The van der Waals surface area contributed by atoms with E-state index in [0.717, 1.165) is 35.7 Å². The number of anilines is 1. The summed E-state index contributed by atoms with van der Waals surface area (Å²) in [6.45, 7) is 0.372. The van der Waals surface area contributed by atoms with E-state index in [4.69, 9.17) is 24.8 Å². The Hall–Kier alpha value is -2.74. The molecule has 12 heteroatoms. The zero-order valence-corrected chi connectivity index (χ0v) is 23.8. The second kappa shape index (κ2) is 13.5. The first-order chi connectivity index (χ1) is 19.8. The minimum atomic E-state index is -4.18. The molecule has 1 saturated carbocycles. The second-order valence-electron chi connectivity index (χ2n) is 10.9. The van der Waals surface area contributed by atoms with Crippen LogP contribution in [-0.4, -0.2) is 74.5 Å². The van der Waals surface area contributed by atoms with Gasteiger partial charge in [-0.1, -0.05) is 60.1 Å². The van der Waals surface area contributed by atoms with Crippen molar-refractivity contribution in [3.05, 3.63) is 60.2 Å². The van der Waals surface area contributed by atoms with E-state index in [1.54, 1.807) is 12.1 Å². The first-order valence-corrected chi connectivity index (χ1v) is 15.7. The second-order valence-corrected chi connectivity index (χ2v) is 12.7. The van der Waals surface area contributed by atoms with Gasteiger partial charge in [0.25, 0.3) is 10.0 Å². The molecule has 1 amide bonds. The maximum absolute atomic E-state index is 13.7. The number of aliphatic hydroxyl groups excluding tert-OH is 1. The van der Waals surface area contributed by atoms with Crippen molar-refractivity contribution < 1.29 is 37.4 Å². The third kappa shape index (κ3) is 7.56. The van der Waals surface area contributed by atoms with Crippen molar-refractivity contribution in [1.82, 2.24) is 9.79 Å². The summed E-state index contributed by atoms with van der Waals surface area (Å²) in [6, 6.07) is 14.4. The van der Waals surface area contributed by atoms with Crippen LogP contribution in [0.3, 0.4) is 0 Å². The monoisotopic (exact) mass is 589 g/mol. The third-order valence-electron chi connectivity index (χ3n) is 7.89. The number of nitrogen functional groups attached to an aromatic ring is 1. The van der Waals surface area contributed by atoms with Gasteiger partial charge in [0.15, 0.2) is 6.29 Å². The first kappa shape index (κ1) is 29.7. The predicted molar refractivity (Wildman–Crippen MR) is 150 cm³/mol. The lowest BCUT2D eigenvalue weighted by Gasteiger charge is -2.32. The molecule has 3 unspecified atom stereocenters. The first-order valence-electron chi connectivity index (χ1n) is 14.3. The molecule has 2 aromatic carbocycles. The smallest absolute Gasteiger partial charge is 0.407 e. The zero-order valence-electron chi connectivity index (χ0n) is 23.0. The van der Waals surface area contributed by atoms with Crippen LogP contribution in [0.1, 0.15) is 44.1 Å². The molecule has 0 bridgehead atoms. The quantitative estimate of drug-likeness (QED) is 0.266. The molecular formula is C29H39N3O8S. The van der Waals surface area contributed by atoms with Gasteiger partial charge < -0.3 is 30.4 Å². The lowest BCUT2D eigenvalue weighted by molar-refractivity contribution is -0.156. The highest BCUT2D eigenvalue weighted by Gasteiger charge is 2.44. The molecule has 2 saturated heterocycles. The molecule has 2 heterocycles. The summed E-state index contributed by atoms with van der Waals surface area (Å²) >= 11 is 0. The molecule has 0 aromatic heterocycles. The Balaban J connectivity index is 1.34. The third-order valence-corrected chi connectivity index (χ3v) is 9.51. The van der Waals surface area contributed by atoms with E-state index in [1.807, 2.05) is 30.3 Å². The molecule has 5 rings (SSSR count). The summed E-state index contributed by atoms with van der Waals surface area (Å²) in [6.07, 6.45) is 2.14. The van der Waals surface area contributed by atoms with Crippen molar-refractivity contribution in [2.24, 2.45) is 5.92 Å². The van der Waals surface area contributed by atoms with Gasteiger partial charge in [-0.25, -0.2) is 13.2 Å². The minimum Gasteiger partial charge on any atom is -0.443 e. The van der Waals surface area contributed by atoms with Gasteiger partial charge in [0, 0.05) is 5.69 Å². The Bertz CT molecular complexity index is 1260. The highest BCUT2D eigenvalue weighted by Crippen LogP contribution is 2.33. The van der Waals surface area contributed by atoms with Crippen LogP contribution >= 0.6 is 0 Å². The Labute approximate surface area is 240 Å². The number of hydrogen-bond acceptors (Lipinski definition) is 9. The van der Waals surface area contributed by atoms with Gasteiger partial charge in [-0.3, -0.25) is 4.84 Å². The van der Waals surface area contributed by atoms with E-state index in [1.165, 1.54) is 12.1 Å². The van der Waals surface area contributed by atoms with Gasteiger partial charge in [-0.15, -0.1) is 0 Å². The highest BCUT2D eigenvalue weighted by atomic mass is 32.2. The molecule has 0 radical (unpaired) electrons. The number of hydrogen-bond donors (Lipinski definition) is 3. The Morgan fingerprint density at radius 1 is 1.07 bits per heavy atom. The number of benzene rings is 2. The molecule has 4 N–H and O–H groups in total. The van der Waals surface area contributed by atoms with Crippen molar-refractivity contribution in [2.75, 3.05) is 25.5 Å². The average Bonchev–Trinajstić information content (AvgIpc) is 3.59. The number of nitrogens with one attached hydrogen (secondary N) is 1. The van der Waals surface area contributed by atoms with Crippen molar-refractivity contribution in [1.29, 1.82) is 0 Å². The lowest BCUT2D eigenvalue weighted by atomic mass is 9.98. The van der Waals surface area contributed by atoms with E-state index >= 15 is 0 Å². The van der Waals surface area contributed by atoms with Crippen LogP contribution < -0.4 is 11.1 Å². The Kier molecular flexibility index (Phi) is 9.79. The highest BCUT2D eigenvalue weighted by molar-refractivity contribution is 7.89. The molecule has 2 aliphatic heterocycles. The summed E-state index contributed by atoms with van der Waals surface area (Å²) in [4.78, 5) is 19.0. The Morgan fingerprint density at radius 3 is 2.61 bits per heavy atom. The van der Waals surface area contributed by atoms with Crippen molar-refractivity contribution in [3.8, 4) is 0 Å². The van der Waals surface area contributed by atoms with Crippen LogP contribution in [-0.2, 0) is 35.5 Å². The number of carbonyl (C=O) groups is 1. The number of ether oxygens (including phenoxy) is 3. The summed E-state index contributed by atoms with van der Waals surface area (Å²) in [5.74, 6) is -0.0407. The molecule has 11 nitrogen and oxygen atoms in total. The van der Waals surface area contributed by atoms with E-state index < -0.39 is 40.9 Å². The molecule has 41 heavy (non-hydrogen) atoms. The van der Waals surface area contributed by atoms with Crippen LogP contribution in [0.4, 0.5) is 10.5 Å². The van der Waals surface area contributed by atoms with Crippen LogP contribution in [0.2, 0.25) is 0 Å². The van der Waals surface area contributed by atoms with Crippen molar-refractivity contribution >= 4 is 21.8 Å². The summed E-state index contributed by atoms with van der Waals surface area (Å²) in [5, 5.41) is 14.2. The number of fused-ring (bicyclic) bond motifs is 1. The van der Waals surface area contributed by atoms with Gasteiger partial charge in [0.05, 0.1) is 48.8 Å². The summed E-state index contributed by atoms with van der Waals surface area (Å²) in [7, 11) is -4.18. The SMILES string of the molecule is Nc1cccc(S(=O)(=O)N(C[C@@H](O)[C@H](Cc2ccccc2)NC(=O)OC2COC3OCCC23)OC2CCCCC2)c1. The number of carbonyl (C=O) groups excluding carboxylic acids is 1. The number of rotatable bonds is 11. The minimum absolute atomic E-state index is 0.0398. The fourth-order valence-corrected chi connectivity index (χ4v) is 6.98. The zero-order chi connectivity index (χ0) is 28.8. The van der Waals surface area contributed by atoms with Crippen LogP contribution in [0.25, 0.3) is 0 Å². The fraction of sp³-hybridized carbons (Fsp3) is 0.552. The lowest BCUT2D eigenvalue weighted by Crippen LogP contribution is -2.51. The molecule has 2 aromatic rings. The molecule has 5 atom stereocenters. The van der Waals surface area contributed by atoms with Gasteiger partial charge >= 0.3 is 6.09 Å². The number of nitrogens with two attached hydrogens (primary N) is 1. The molecule has 224 valence electrons. The predicted octanol–water partition coefficient (Wildman–Crippen LogP) is 2.98. The van der Waals surface area contributed by atoms with E-state index in [9.17, 15) is 18.3 Å². The number of hydroxylamine groups is 1. The normalized spacial score (nSPS) is 24.6. The number of nitrogens with zero attached hydrogens (tertiary/aromatic N) is 1. The summed E-state index contributed by atoms with van der Waals surface area (Å²) in [5.41, 5.74) is 7.02. The maximum Gasteiger partial charge on any atom is 0.407 e. The van der Waals surface area contributed by atoms with Crippen molar-refractivity contribution in [3.63, 3.8) is 0 Å². The number of aliphatic hydroxyl groups is 1. The molecule has 1 aliphatic carbocycles. The van der Waals surface area contributed by atoms with Gasteiger partial charge in [-0.2, -0.15) is 0 Å². The van der Waals surface area contributed by atoms with E-state index in [2.05, 4.69) is 5.32 Å². The fourth-order valence-electron chi connectivity index (χ4n) is 5.63. The molecular weight excluding hydrogens is 550 g/mol. The average molecular weight is 590 g/mol. The molecule has 3 fully saturated rings. The van der Waals surface area contributed by atoms with Crippen LogP contribution in [0, 0.1) is 5.92 Å². The van der Waals surface area contributed by atoms with E-state index in [0.29, 0.717) is 25.1 Å². The molecule has 3 aliphatic rings. The number of alkyl carbamates (subject to hydrolysis) is 1. The van der Waals surface area contributed by atoms with E-state index in [-0.39, 0.29) is 36.2 Å². The molecule has 0 spiro atoms. The van der Waals surface area contributed by atoms with Crippen molar-refractivity contribution in [2.45, 2.75) is 80.5 Å². The topological polar surface area (TPSA) is 150 Å². The summed E-state index contributed by atoms with van der Waals surface area (Å²) < 4.78 is 45.1. The van der Waals surface area contributed by atoms with Gasteiger partial charge in [0.1, 0.15) is 6.10 Å². The van der Waals surface area contributed by atoms with Gasteiger partial charge in [-0.05, 0) is 49.4 Å². The number of amides is 1. The van der Waals surface area contributed by atoms with Crippen LogP contribution in [0.15, 0.2) is 59.5 Å². The maximum atomic E-state index is 13.7. The van der Waals surface area contributed by atoms with Crippen LogP contribution in [0.5, 0.6) is 0 Å². The standard InChI is InChI=1S/C29H39N3O8S/c30-21-10-7-13-23(17-21)41(35,36)32(40-22-11-5-2-6-12-22)18-26(33)25(16-20-8-3-1-4-9-20)31-29(34)39-27-19-38-28-24(27)14-15-37-28/h1,3-4,7-10,13,17,22,24-28,33H,2,5-6,11-12,14-16,18-19,30H2,(H,31,34)/t24?,25-,26+,27?,28?/m0/s1. The Morgan fingerprint density at radius 2 is 1.85 bits per heavy atom. The largest absolute Gasteiger partial charge is 0.443 e.